The van der Waals surface area contributed by atoms with Gasteiger partial charge in [0.25, 0.3) is 0 Å². The zero-order valence-corrected chi connectivity index (χ0v) is 10.5. The van der Waals surface area contributed by atoms with Gasteiger partial charge >= 0.3 is 0 Å². The lowest BCUT2D eigenvalue weighted by atomic mass is 9.97. The topological polar surface area (TPSA) is 29.9 Å². The minimum atomic E-state index is 0.465. The fraction of sp³-hybridized carbons (Fsp3) is 0.643. The minimum absolute atomic E-state index is 0.465. The van der Waals surface area contributed by atoms with E-state index in [2.05, 4.69) is 27.7 Å². The summed E-state index contributed by atoms with van der Waals surface area (Å²) in [6.45, 7) is 3.23. The number of aromatic nitrogens is 2. The molecule has 17 heavy (non-hydrogen) atoms. The Kier molecular flexibility index (Phi) is 4.22. The van der Waals surface area contributed by atoms with Crippen molar-refractivity contribution < 1.29 is 0 Å². The summed E-state index contributed by atoms with van der Waals surface area (Å²) < 4.78 is 2.24. The highest BCUT2D eigenvalue weighted by Gasteiger charge is 2.21. The van der Waals surface area contributed by atoms with Crippen molar-refractivity contribution in [1.82, 2.24) is 14.9 Å². The molecule has 2 atom stereocenters. The minimum Gasteiger partial charge on any atom is -0.333 e. The average Bonchev–Trinajstić information content (AvgIpc) is 2.78. The van der Waals surface area contributed by atoms with E-state index in [1.807, 2.05) is 12.5 Å². The molecule has 0 saturated carbocycles. The lowest BCUT2D eigenvalue weighted by Crippen LogP contribution is -2.35. The van der Waals surface area contributed by atoms with Crippen LogP contribution in [0.2, 0.25) is 0 Å². The van der Waals surface area contributed by atoms with Gasteiger partial charge in [-0.05, 0) is 32.6 Å². The second kappa shape index (κ2) is 5.88. The number of rotatable bonds is 4. The van der Waals surface area contributed by atoms with E-state index < -0.39 is 0 Å². The van der Waals surface area contributed by atoms with E-state index >= 15 is 0 Å². The monoisotopic (exact) mass is 231 g/mol. The van der Waals surface area contributed by atoms with Crippen LogP contribution in [0.1, 0.15) is 50.8 Å². The molecule has 0 aliphatic carbocycles. The number of aryl methyl sites for hydroxylation is 1. The summed E-state index contributed by atoms with van der Waals surface area (Å²) in [4.78, 5) is 4.27. The highest BCUT2D eigenvalue weighted by molar-refractivity contribution is 5.07. The lowest BCUT2D eigenvalue weighted by molar-refractivity contribution is 0.329. The number of nitrogens with zero attached hydrogens (tertiary/aromatic N) is 2. The van der Waals surface area contributed by atoms with E-state index in [0.717, 1.165) is 19.4 Å². The zero-order chi connectivity index (χ0) is 12.1. The Hall–Kier alpha value is -1.27. The highest BCUT2D eigenvalue weighted by atomic mass is 15.1. The number of nitrogens with one attached hydrogen (secondary N) is 1. The molecular weight excluding hydrogens is 210 g/mol. The molecule has 0 spiro atoms. The van der Waals surface area contributed by atoms with Gasteiger partial charge in [-0.1, -0.05) is 0 Å². The summed E-state index contributed by atoms with van der Waals surface area (Å²) in [5.74, 6) is 2.69. The summed E-state index contributed by atoms with van der Waals surface area (Å²) in [5.41, 5.74) is 1.31. The molecule has 2 rings (SSSR count). The average molecular weight is 231 g/mol. The van der Waals surface area contributed by atoms with Crippen molar-refractivity contribution >= 4 is 0 Å². The highest BCUT2D eigenvalue weighted by Crippen LogP contribution is 2.25. The van der Waals surface area contributed by atoms with Crippen LogP contribution in [0.4, 0.5) is 0 Å². The van der Waals surface area contributed by atoms with E-state index in [9.17, 15) is 0 Å². The Morgan fingerprint density at radius 2 is 2.47 bits per heavy atom. The fourth-order valence-electron chi connectivity index (χ4n) is 2.53. The maximum atomic E-state index is 5.28. The number of piperidine rings is 1. The number of imidazole rings is 1. The van der Waals surface area contributed by atoms with Crippen molar-refractivity contribution in [3.63, 3.8) is 0 Å². The molecule has 1 aromatic heterocycles. The first-order chi connectivity index (χ1) is 8.31. The summed E-state index contributed by atoms with van der Waals surface area (Å²) in [6.07, 6.45) is 14.9. The second-order valence-electron chi connectivity index (χ2n) is 4.87. The van der Waals surface area contributed by atoms with Crippen molar-refractivity contribution in [2.75, 3.05) is 0 Å². The fourth-order valence-corrected chi connectivity index (χ4v) is 2.53. The van der Waals surface area contributed by atoms with E-state index in [0.29, 0.717) is 12.1 Å². The second-order valence-corrected chi connectivity index (χ2v) is 4.87. The molecule has 1 fully saturated rings. The zero-order valence-electron chi connectivity index (χ0n) is 10.5. The van der Waals surface area contributed by atoms with Crippen LogP contribution in [0.5, 0.6) is 0 Å². The van der Waals surface area contributed by atoms with Gasteiger partial charge in [0, 0.05) is 31.2 Å². The van der Waals surface area contributed by atoms with Crippen LogP contribution in [0.15, 0.2) is 12.5 Å². The number of hydrogen-bond donors (Lipinski definition) is 1. The molecule has 2 unspecified atom stereocenters. The molecule has 3 nitrogen and oxygen atoms in total. The van der Waals surface area contributed by atoms with Gasteiger partial charge in [-0.25, -0.2) is 4.98 Å². The van der Waals surface area contributed by atoms with Crippen LogP contribution in [0.25, 0.3) is 0 Å². The van der Waals surface area contributed by atoms with Crippen LogP contribution in [0.3, 0.4) is 0 Å². The molecule has 1 aliphatic rings. The molecule has 1 aliphatic heterocycles. The summed E-state index contributed by atoms with van der Waals surface area (Å²) >= 11 is 0. The Labute approximate surface area is 104 Å². The van der Waals surface area contributed by atoms with Crippen molar-refractivity contribution in [3.8, 4) is 12.3 Å². The van der Waals surface area contributed by atoms with Crippen LogP contribution in [-0.2, 0) is 6.54 Å². The predicted octanol–water partition coefficient (Wildman–Crippen LogP) is 2.50. The van der Waals surface area contributed by atoms with Gasteiger partial charge < -0.3 is 9.88 Å². The number of unbranched alkanes of at least 4 members (excludes halogenated alkanes) is 1. The van der Waals surface area contributed by atoms with Crippen molar-refractivity contribution in [2.45, 2.75) is 57.7 Å². The van der Waals surface area contributed by atoms with Gasteiger partial charge in [-0.2, -0.15) is 0 Å². The molecule has 0 bridgehead atoms. The van der Waals surface area contributed by atoms with Gasteiger partial charge in [0.1, 0.15) is 0 Å². The van der Waals surface area contributed by atoms with E-state index in [1.54, 1.807) is 0 Å². The van der Waals surface area contributed by atoms with E-state index in [1.165, 1.54) is 25.0 Å². The smallest absolute Gasteiger partial charge is 0.0948 e. The molecule has 92 valence electrons. The van der Waals surface area contributed by atoms with Gasteiger partial charge in [0.2, 0.25) is 0 Å². The Morgan fingerprint density at radius 3 is 3.24 bits per heavy atom. The van der Waals surface area contributed by atoms with Gasteiger partial charge in [0.15, 0.2) is 0 Å². The molecular formula is C14H21N3. The Balaban J connectivity index is 2.00. The van der Waals surface area contributed by atoms with Gasteiger partial charge in [-0.3, -0.25) is 0 Å². The third kappa shape index (κ3) is 3.10. The molecule has 0 amide bonds. The molecule has 0 radical (unpaired) electrons. The lowest BCUT2D eigenvalue weighted by Gasteiger charge is -2.29. The molecule has 2 heterocycles. The first kappa shape index (κ1) is 12.2. The van der Waals surface area contributed by atoms with Crippen LogP contribution in [-0.4, -0.2) is 15.6 Å². The largest absolute Gasteiger partial charge is 0.333 e. The van der Waals surface area contributed by atoms with Crippen LogP contribution in [0, 0.1) is 12.3 Å². The van der Waals surface area contributed by atoms with Crippen LogP contribution >= 0.6 is 0 Å². The number of hydrogen-bond acceptors (Lipinski definition) is 2. The third-order valence-electron chi connectivity index (χ3n) is 3.44. The Bertz CT molecular complexity index is 388. The van der Waals surface area contributed by atoms with Gasteiger partial charge in [-0.15, -0.1) is 12.3 Å². The molecule has 3 heteroatoms. The maximum Gasteiger partial charge on any atom is 0.0948 e. The maximum absolute atomic E-state index is 5.28. The first-order valence-corrected chi connectivity index (χ1v) is 6.51. The summed E-state index contributed by atoms with van der Waals surface area (Å²) in [6, 6.07) is 1.08. The van der Waals surface area contributed by atoms with Crippen LogP contribution < -0.4 is 5.32 Å². The predicted molar refractivity (Wildman–Crippen MR) is 69.5 cm³/mol. The molecule has 1 saturated heterocycles. The van der Waals surface area contributed by atoms with Gasteiger partial charge in [0.05, 0.1) is 12.0 Å². The van der Waals surface area contributed by atoms with E-state index in [-0.39, 0.29) is 0 Å². The normalized spacial score (nSPS) is 24.5. The van der Waals surface area contributed by atoms with E-state index in [4.69, 9.17) is 6.42 Å². The first-order valence-electron chi connectivity index (χ1n) is 6.51. The number of terminal acetylenes is 1. The molecule has 0 aromatic carbocycles. The molecule has 1 aromatic rings. The van der Waals surface area contributed by atoms with Crippen molar-refractivity contribution in [2.24, 2.45) is 0 Å². The third-order valence-corrected chi connectivity index (χ3v) is 3.44. The summed E-state index contributed by atoms with van der Waals surface area (Å²) in [7, 11) is 0. The summed E-state index contributed by atoms with van der Waals surface area (Å²) in [5, 5.41) is 3.65. The standard InChI is InChI=1S/C14H21N3/c1-3-4-5-9-17-11-15-10-14(17)13-8-6-7-12(2)16-13/h1,10-13,16H,4-9H2,2H3. The molecule has 1 N–H and O–H groups in total. The SMILES string of the molecule is C#CCCCn1cncc1C1CCCC(C)N1. The quantitative estimate of drug-likeness (QED) is 0.637. The Morgan fingerprint density at radius 1 is 1.59 bits per heavy atom. The van der Waals surface area contributed by atoms with Crippen molar-refractivity contribution in [1.29, 1.82) is 0 Å². The van der Waals surface area contributed by atoms with Crippen molar-refractivity contribution in [3.05, 3.63) is 18.2 Å².